The average molecular weight is 399 g/mol. The quantitative estimate of drug-likeness (QED) is 0.599. The second-order valence-corrected chi connectivity index (χ2v) is 7.01. The Labute approximate surface area is 167 Å². The lowest BCUT2D eigenvalue weighted by molar-refractivity contribution is -0.113. The summed E-state index contributed by atoms with van der Waals surface area (Å²) in [5.74, 6) is 1.56. The number of nitrogens with one attached hydrogen (secondary N) is 1. The molecule has 0 saturated heterocycles. The number of anilines is 1. The van der Waals surface area contributed by atoms with Crippen molar-refractivity contribution in [2.45, 2.75) is 19.1 Å². The van der Waals surface area contributed by atoms with Gasteiger partial charge in [-0.15, -0.1) is 10.2 Å². The Morgan fingerprint density at radius 1 is 1.04 bits per heavy atom. The van der Waals surface area contributed by atoms with E-state index in [1.165, 1.54) is 17.3 Å². The minimum absolute atomic E-state index is 0.140. The summed E-state index contributed by atoms with van der Waals surface area (Å²) < 4.78 is 16.1. The SMILES string of the molecule is COc1ccc(-c2nnc(SCC(=O)Nc3ccc(C)c(C)c3)o2)cc1OC. The summed E-state index contributed by atoms with van der Waals surface area (Å²) >= 11 is 1.18. The molecule has 0 radical (unpaired) electrons. The number of carbonyl (C=O) groups is 1. The van der Waals surface area contributed by atoms with Crippen molar-refractivity contribution in [3.63, 3.8) is 0 Å². The van der Waals surface area contributed by atoms with E-state index in [1.807, 2.05) is 32.0 Å². The summed E-state index contributed by atoms with van der Waals surface area (Å²) in [6.07, 6.45) is 0. The number of hydrogen-bond acceptors (Lipinski definition) is 7. The zero-order valence-corrected chi connectivity index (χ0v) is 16.9. The number of carbonyl (C=O) groups excluding carboxylic acids is 1. The fourth-order valence-electron chi connectivity index (χ4n) is 2.50. The van der Waals surface area contributed by atoms with Crippen LogP contribution in [0.2, 0.25) is 0 Å². The van der Waals surface area contributed by atoms with Crippen LogP contribution in [0.25, 0.3) is 11.5 Å². The Kier molecular flexibility index (Phi) is 6.20. The van der Waals surface area contributed by atoms with Gasteiger partial charge in [0, 0.05) is 11.3 Å². The van der Waals surface area contributed by atoms with Crippen molar-refractivity contribution in [3.05, 3.63) is 47.5 Å². The number of ether oxygens (including phenoxy) is 2. The molecule has 8 heteroatoms. The summed E-state index contributed by atoms with van der Waals surface area (Å²) in [7, 11) is 3.13. The number of aromatic nitrogens is 2. The number of amides is 1. The molecule has 0 atom stereocenters. The van der Waals surface area contributed by atoms with Crippen molar-refractivity contribution < 1.29 is 18.7 Å². The Morgan fingerprint density at radius 3 is 2.54 bits per heavy atom. The van der Waals surface area contributed by atoms with Gasteiger partial charge in [-0.2, -0.15) is 0 Å². The number of methoxy groups -OCH3 is 2. The molecule has 28 heavy (non-hydrogen) atoms. The molecule has 0 aliphatic rings. The highest BCUT2D eigenvalue weighted by Gasteiger charge is 2.14. The zero-order valence-electron chi connectivity index (χ0n) is 16.1. The molecule has 0 fully saturated rings. The summed E-state index contributed by atoms with van der Waals surface area (Å²) in [5, 5.41) is 11.2. The van der Waals surface area contributed by atoms with E-state index in [2.05, 4.69) is 15.5 Å². The Hall–Kier alpha value is -3.00. The predicted octanol–water partition coefficient (Wildman–Crippen LogP) is 4.10. The molecular weight excluding hydrogens is 378 g/mol. The van der Waals surface area contributed by atoms with E-state index in [9.17, 15) is 4.79 Å². The number of nitrogens with zero attached hydrogens (tertiary/aromatic N) is 2. The van der Waals surface area contributed by atoms with Gasteiger partial charge in [0.1, 0.15) is 0 Å². The minimum Gasteiger partial charge on any atom is -0.493 e. The van der Waals surface area contributed by atoms with Gasteiger partial charge in [0.25, 0.3) is 5.22 Å². The first-order valence-corrected chi connectivity index (χ1v) is 9.54. The van der Waals surface area contributed by atoms with Crippen LogP contribution < -0.4 is 14.8 Å². The summed E-state index contributed by atoms with van der Waals surface area (Å²) in [6.45, 7) is 4.04. The molecule has 3 rings (SSSR count). The molecule has 0 saturated carbocycles. The third kappa shape index (κ3) is 4.64. The molecule has 0 aliphatic heterocycles. The van der Waals surface area contributed by atoms with Gasteiger partial charge in [0.05, 0.1) is 20.0 Å². The van der Waals surface area contributed by atoms with Crippen LogP contribution in [-0.4, -0.2) is 36.1 Å². The highest BCUT2D eigenvalue weighted by atomic mass is 32.2. The molecule has 0 aliphatic carbocycles. The van der Waals surface area contributed by atoms with Crippen molar-refractivity contribution in [2.24, 2.45) is 0 Å². The molecule has 1 amide bonds. The number of benzene rings is 2. The first kappa shape index (κ1) is 19.8. The molecule has 2 aromatic carbocycles. The van der Waals surface area contributed by atoms with Crippen LogP contribution in [0, 0.1) is 13.8 Å². The van der Waals surface area contributed by atoms with E-state index in [0.29, 0.717) is 28.2 Å². The van der Waals surface area contributed by atoms with E-state index in [-0.39, 0.29) is 11.7 Å². The zero-order chi connectivity index (χ0) is 20.1. The fraction of sp³-hybridized carbons (Fsp3) is 0.250. The highest BCUT2D eigenvalue weighted by molar-refractivity contribution is 7.99. The van der Waals surface area contributed by atoms with E-state index in [4.69, 9.17) is 13.9 Å². The summed E-state index contributed by atoms with van der Waals surface area (Å²) in [6, 6.07) is 11.1. The summed E-state index contributed by atoms with van der Waals surface area (Å²) in [4.78, 5) is 12.2. The van der Waals surface area contributed by atoms with Crippen molar-refractivity contribution in [1.29, 1.82) is 0 Å². The fourth-order valence-corrected chi connectivity index (χ4v) is 3.06. The number of rotatable bonds is 7. The van der Waals surface area contributed by atoms with Crippen LogP contribution in [0.5, 0.6) is 11.5 Å². The number of thioether (sulfide) groups is 1. The lowest BCUT2D eigenvalue weighted by Gasteiger charge is -2.07. The molecule has 0 spiro atoms. The van der Waals surface area contributed by atoms with Gasteiger partial charge in [0.15, 0.2) is 11.5 Å². The van der Waals surface area contributed by atoms with Crippen molar-refractivity contribution in [2.75, 3.05) is 25.3 Å². The van der Waals surface area contributed by atoms with Crippen molar-refractivity contribution in [1.82, 2.24) is 10.2 Å². The van der Waals surface area contributed by atoms with Gasteiger partial charge < -0.3 is 19.2 Å². The van der Waals surface area contributed by atoms with Gasteiger partial charge in [-0.3, -0.25) is 4.79 Å². The van der Waals surface area contributed by atoms with E-state index >= 15 is 0 Å². The first-order valence-electron chi connectivity index (χ1n) is 8.56. The topological polar surface area (TPSA) is 86.5 Å². The van der Waals surface area contributed by atoms with Crippen LogP contribution in [0.1, 0.15) is 11.1 Å². The molecule has 3 aromatic rings. The monoisotopic (exact) mass is 399 g/mol. The van der Waals surface area contributed by atoms with E-state index in [0.717, 1.165) is 11.3 Å². The lowest BCUT2D eigenvalue weighted by atomic mass is 10.1. The van der Waals surface area contributed by atoms with Crippen LogP contribution in [0.4, 0.5) is 5.69 Å². The van der Waals surface area contributed by atoms with Crippen LogP contribution in [0.15, 0.2) is 46.0 Å². The van der Waals surface area contributed by atoms with E-state index < -0.39 is 0 Å². The molecular formula is C20H21N3O4S. The Balaban J connectivity index is 1.61. The van der Waals surface area contributed by atoms with Crippen LogP contribution in [-0.2, 0) is 4.79 Å². The molecule has 1 aromatic heterocycles. The lowest BCUT2D eigenvalue weighted by Crippen LogP contribution is -2.14. The normalized spacial score (nSPS) is 10.6. The molecule has 146 valence electrons. The van der Waals surface area contributed by atoms with Crippen molar-refractivity contribution in [3.8, 4) is 23.0 Å². The standard InChI is InChI=1S/C20H21N3O4S/c1-12-5-7-15(9-13(12)2)21-18(24)11-28-20-23-22-19(27-20)14-6-8-16(25-3)17(10-14)26-4/h5-10H,11H2,1-4H3,(H,21,24). The Morgan fingerprint density at radius 2 is 1.82 bits per heavy atom. The van der Waals surface area contributed by atoms with Crippen LogP contribution >= 0.6 is 11.8 Å². The maximum atomic E-state index is 12.2. The number of hydrogen-bond donors (Lipinski definition) is 1. The second kappa shape index (κ2) is 8.79. The predicted molar refractivity (Wildman–Crippen MR) is 108 cm³/mol. The first-order chi connectivity index (χ1) is 13.5. The van der Waals surface area contributed by atoms with Crippen molar-refractivity contribution >= 4 is 23.4 Å². The van der Waals surface area contributed by atoms with Crippen LogP contribution in [0.3, 0.4) is 0 Å². The molecule has 1 N–H and O–H groups in total. The molecule has 0 unspecified atom stereocenters. The largest absolute Gasteiger partial charge is 0.493 e. The summed E-state index contributed by atoms with van der Waals surface area (Å²) in [5.41, 5.74) is 3.78. The Bertz CT molecular complexity index is 987. The molecule has 1 heterocycles. The van der Waals surface area contributed by atoms with Gasteiger partial charge >= 0.3 is 0 Å². The maximum Gasteiger partial charge on any atom is 0.277 e. The van der Waals surface area contributed by atoms with Gasteiger partial charge in [-0.05, 0) is 55.3 Å². The second-order valence-electron chi connectivity index (χ2n) is 6.08. The smallest absolute Gasteiger partial charge is 0.277 e. The van der Waals surface area contributed by atoms with Gasteiger partial charge in [-0.1, -0.05) is 17.8 Å². The number of aryl methyl sites for hydroxylation is 2. The minimum atomic E-state index is -0.140. The third-order valence-corrected chi connectivity index (χ3v) is 4.97. The van der Waals surface area contributed by atoms with E-state index in [1.54, 1.807) is 32.4 Å². The molecule has 7 nitrogen and oxygen atoms in total. The van der Waals surface area contributed by atoms with Gasteiger partial charge in [-0.25, -0.2) is 0 Å². The van der Waals surface area contributed by atoms with Gasteiger partial charge in [0.2, 0.25) is 11.8 Å². The molecule has 0 bridgehead atoms. The average Bonchev–Trinajstić information content (AvgIpc) is 3.17. The maximum absolute atomic E-state index is 12.2. The third-order valence-electron chi connectivity index (χ3n) is 4.15. The highest BCUT2D eigenvalue weighted by Crippen LogP contribution is 2.32.